The highest BCUT2D eigenvalue weighted by atomic mass is 35.5. The molecule has 1 aliphatic rings. The lowest BCUT2D eigenvalue weighted by Crippen LogP contribution is -2.19. The first-order valence-electron chi connectivity index (χ1n) is 8.27. The van der Waals surface area contributed by atoms with E-state index < -0.39 is 18.0 Å². The van der Waals surface area contributed by atoms with Crippen LogP contribution in [0.3, 0.4) is 0 Å². The average molecular weight is 410 g/mol. The van der Waals surface area contributed by atoms with Gasteiger partial charge in [-0.15, -0.1) is 0 Å². The SMILES string of the molecule is O=C(OC[C@@H]1CC[C@H](n2cc(F)c3c(Cl)ncnc32)O1)c1ccc(Cl)cc1. The van der Waals surface area contributed by atoms with E-state index in [4.69, 9.17) is 32.7 Å². The Bertz CT molecular complexity index is 993. The fourth-order valence-electron chi connectivity index (χ4n) is 3.08. The number of rotatable bonds is 4. The van der Waals surface area contributed by atoms with Crippen LogP contribution < -0.4 is 0 Å². The normalized spacial score (nSPS) is 19.5. The van der Waals surface area contributed by atoms with Gasteiger partial charge in [-0.05, 0) is 37.1 Å². The zero-order valence-electron chi connectivity index (χ0n) is 13.9. The van der Waals surface area contributed by atoms with Gasteiger partial charge in [-0.3, -0.25) is 0 Å². The molecule has 0 N–H and O–H groups in total. The summed E-state index contributed by atoms with van der Waals surface area (Å²) >= 11 is 11.8. The fourth-order valence-corrected chi connectivity index (χ4v) is 3.42. The van der Waals surface area contributed by atoms with Crippen molar-refractivity contribution in [1.82, 2.24) is 14.5 Å². The molecule has 3 heterocycles. The lowest BCUT2D eigenvalue weighted by Gasteiger charge is -2.16. The molecule has 0 radical (unpaired) electrons. The second kappa shape index (κ2) is 7.42. The van der Waals surface area contributed by atoms with Crippen molar-refractivity contribution in [3.8, 4) is 0 Å². The van der Waals surface area contributed by atoms with Crippen LogP contribution in [0, 0.1) is 5.82 Å². The number of benzene rings is 1. The molecule has 4 rings (SSSR count). The average Bonchev–Trinajstić information content (AvgIpc) is 3.25. The number of hydrogen-bond donors (Lipinski definition) is 0. The smallest absolute Gasteiger partial charge is 0.338 e. The number of hydrogen-bond acceptors (Lipinski definition) is 5. The number of halogens is 3. The molecule has 3 aromatic rings. The van der Waals surface area contributed by atoms with Crippen molar-refractivity contribution in [3.05, 3.63) is 58.3 Å². The molecule has 1 saturated heterocycles. The molecular weight excluding hydrogens is 396 g/mol. The Morgan fingerprint density at radius 2 is 2.04 bits per heavy atom. The van der Waals surface area contributed by atoms with E-state index in [1.54, 1.807) is 28.8 Å². The van der Waals surface area contributed by atoms with E-state index in [1.165, 1.54) is 12.5 Å². The van der Waals surface area contributed by atoms with E-state index in [0.29, 0.717) is 29.1 Å². The van der Waals surface area contributed by atoms with Crippen molar-refractivity contribution >= 4 is 40.2 Å². The number of fused-ring (bicyclic) bond motifs is 1. The molecule has 1 fully saturated rings. The number of esters is 1. The second-order valence-electron chi connectivity index (χ2n) is 6.14. The number of carbonyl (C=O) groups is 1. The zero-order chi connectivity index (χ0) is 19.0. The molecule has 0 aliphatic carbocycles. The largest absolute Gasteiger partial charge is 0.459 e. The summed E-state index contributed by atoms with van der Waals surface area (Å²) in [6.07, 6.45) is 3.18. The van der Waals surface area contributed by atoms with E-state index in [2.05, 4.69) is 9.97 Å². The zero-order valence-corrected chi connectivity index (χ0v) is 15.5. The van der Waals surface area contributed by atoms with E-state index in [0.717, 1.165) is 0 Å². The molecule has 1 aliphatic heterocycles. The Hall–Kier alpha value is -2.22. The highest BCUT2D eigenvalue weighted by Gasteiger charge is 2.30. The van der Waals surface area contributed by atoms with Gasteiger partial charge in [-0.25, -0.2) is 19.2 Å². The van der Waals surface area contributed by atoms with Crippen LogP contribution in [0.2, 0.25) is 10.2 Å². The van der Waals surface area contributed by atoms with Crippen molar-refractivity contribution in [2.45, 2.75) is 25.2 Å². The van der Waals surface area contributed by atoms with E-state index in [-0.39, 0.29) is 23.3 Å². The van der Waals surface area contributed by atoms with Crippen LogP contribution in [-0.4, -0.2) is 33.2 Å². The molecule has 1 aromatic carbocycles. The summed E-state index contributed by atoms with van der Waals surface area (Å²) in [5, 5.41) is 0.770. The molecule has 2 aromatic heterocycles. The lowest BCUT2D eigenvalue weighted by atomic mass is 10.2. The molecule has 140 valence electrons. The Morgan fingerprint density at radius 3 is 2.81 bits per heavy atom. The molecular formula is C18H14Cl2FN3O3. The number of ether oxygens (including phenoxy) is 2. The topological polar surface area (TPSA) is 66.2 Å². The summed E-state index contributed by atoms with van der Waals surface area (Å²) in [5.41, 5.74) is 0.787. The molecule has 9 heteroatoms. The molecule has 0 bridgehead atoms. The van der Waals surface area contributed by atoms with Crippen LogP contribution in [0.5, 0.6) is 0 Å². The fraction of sp³-hybridized carbons (Fsp3) is 0.278. The molecule has 6 nitrogen and oxygen atoms in total. The second-order valence-corrected chi connectivity index (χ2v) is 6.94. The standard InChI is InChI=1S/C18H14Cl2FN3O3/c19-11-3-1-10(2-4-11)18(25)26-8-12-5-6-14(27-12)24-7-13(21)15-16(20)22-9-23-17(15)24/h1-4,7,9,12,14H,5-6,8H2/t12-,14+/m0/s1. The van der Waals surface area contributed by atoms with Crippen LogP contribution in [0.4, 0.5) is 4.39 Å². The maximum atomic E-state index is 14.2. The van der Waals surface area contributed by atoms with Gasteiger partial charge in [-0.1, -0.05) is 23.2 Å². The van der Waals surface area contributed by atoms with Crippen LogP contribution >= 0.6 is 23.2 Å². The van der Waals surface area contributed by atoms with E-state index >= 15 is 0 Å². The minimum atomic E-state index is -0.503. The van der Waals surface area contributed by atoms with Gasteiger partial charge in [-0.2, -0.15) is 0 Å². The monoisotopic (exact) mass is 409 g/mol. The van der Waals surface area contributed by atoms with E-state index in [1.807, 2.05) is 0 Å². The number of nitrogens with zero attached hydrogens (tertiary/aromatic N) is 3. The maximum Gasteiger partial charge on any atom is 0.338 e. The predicted molar refractivity (Wildman–Crippen MR) is 97.4 cm³/mol. The van der Waals surface area contributed by atoms with Crippen molar-refractivity contribution in [1.29, 1.82) is 0 Å². The first-order valence-corrected chi connectivity index (χ1v) is 9.03. The Kier molecular flexibility index (Phi) is 4.99. The quantitative estimate of drug-likeness (QED) is 0.471. The van der Waals surface area contributed by atoms with Crippen LogP contribution in [0.15, 0.2) is 36.8 Å². The molecule has 0 spiro atoms. The van der Waals surface area contributed by atoms with Gasteiger partial charge in [0.2, 0.25) is 0 Å². The van der Waals surface area contributed by atoms with Gasteiger partial charge in [0.1, 0.15) is 30.0 Å². The molecule has 0 unspecified atom stereocenters. The third-order valence-electron chi connectivity index (χ3n) is 4.39. The molecule has 2 atom stereocenters. The highest BCUT2D eigenvalue weighted by Crippen LogP contribution is 2.33. The van der Waals surface area contributed by atoms with Crippen LogP contribution in [0.1, 0.15) is 29.4 Å². The number of aromatic nitrogens is 3. The van der Waals surface area contributed by atoms with Crippen molar-refractivity contribution < 1.29 is 18.7 Å². The Morgan fingerprint density at radius 1 is 1.26 bits per heavy atom. The summed E-state index contributed by atoms with van der Waals surface area (Å²) in [4.78, 5) is 20.0. The van der Waals surface area contributed by atoms with Gasteiger partial charge in [0.05, 0.1) is 17.1 Å². The molecule has 27 heavy (non-hydrogen) atoms. The first-order chi connectivity index (χ1) is 13.0. The molecule has 0 saturated carbocycles. The minimum absolute atomic E-state index is 0.0580. The van der Waals surface area contributed by atoms with E-state index in [9.17, 15) is 9.18 Å². The van der Waals surface area contributed by atoms with Gasteiger partial charge in [0, 0.05) is 11.2 Å². The Labute approximate surface area is 163 Å². The first kappa shape index (κ1) is 18.2. The third-order valence-corrected chi connectivity index (χ3v) is 4.93. The number of carbonyl (C=O) groups excluding carboxylic acids is 1. The van der Waals surface area contributed by atoms with Gasteiger partial charge in [0.25, 0.3) is 0 Å². The van der Waals surface area contributed by atoms with Crippen molar-refractivity contribution in [2.24, 2.45) is 0 Å². The summed E-state index contributed by atoms with van der Waals surface area (Å²) < 4.78 is 27.0. The van der Waals surface area contributed by atoms with Gasteiger partial charge in [0.15, 0.2) is 5.82 Å². The van der Waals surface area contributed by atoms with Crippen molar-refractivity contribution in [3.63, 3.8) is 0 Å². The maximum absolute atomic E-state index is 14.2. The van der Waals surface area contributed by atoms with Crippen LogP contribution in [-0.2, 0) is 9.47 Å². The predicted octanol–water partition coefficient (Wildman–Crippen LogP) is 4.41. The lowest BCUT2D eigenvalue weighted by molar-refractivity contribution is -0.0308. The molecule has 0 amide bonds. The minimum Gasteiger partial charge on any atom is -0.459 e. The van der Waals surface area contributed by atoms with Crippen LogP contribution in [0.25, 0.3) is 11.0 Å². The Balaban J connectivity index is 1.41. The summed E-state index contributed by atoms with van der Waals surface area (Å²) in [6.45, 7) is 0.107. The van der Waals surface area contributed by atoms with Gasteiger partial charge < -0.3 is 14.0 Å². The summed E-state index contributed by atoms with van der Waals surface area (Å²) in [7, 11) is 0. The van der Waals surface area contributed by atoms with Gasteiger partial charge >= 0.3 is 5.97 Å². The third kappa shape index (κ3) is 3.63. The van der Waals surface area contributed by atoms with Crippen molar-refractivity contribution in [2.75, 3.05) is 6.61 Å². The highest BCUT2D eigenvalue weighted by molar-refractivity contribution is 6.34. The summed E-state index contributed by atoms with van der Waals surface area (Å²) in [6, 6.07) is 6.44. The summed E-state index contributed by atoms with van der Waals surface area (Å²) in [5.74, 6) is -0.951.